The van der Waals surface area contributed by atoms with Gasteiger partial charge in [0, 0.05) is 35.3 Å². The van der Waals surface area contributed by atoms with Crippen molar-refractivity contribution in [1.29, 1.82) is 10.8 Å². The number of nitrogens with one attached hydrogen (secondary N) is 4. The van der Waals surface area contributed by atoms with Crippen LogP contribution in [0, 0.1) is 22.5 Å². The molecule has 0 spiro atoms. The van der Waals surface area contributed by atoms with Gasteiger partial charge in [-0.3, -0.25) is 15.6 Å². The summed E-state index contributed by atoms with van der Waals surface area (Å²) in [5.74, 6) is -2.41. The normalized spacial score (nSPS) is 11.1. The second-order valence-electron chi connectivity index (χ2n) is 8.30. The Kier molecular flexibility index (Phi) is 9.10. The average molecular weight is 527 g/mol. The first-order valence-electron chi connectivity index (χ1n) is 11.1. The number of hydrogen-bond donors (Lipinski definition) is 5. The maximum Gasteiger partial charge on any atom is 0.260 e. The number of carbonyl (C=O) groups excluding carboxylic acids is 1. The minimum atomic E-state index is -0.699. The summed E-state index contributed by atoms with van der Waals surface area (Å²) in [5.41, 5.74) is 8.03. The molecule has 3 aromatic rings. The molecule has 0 radical (unpaired) electrons. The van der Waals surface area contributed by atoms with Crippen LogP contribution in [0.4, 0.5) is 19.5 Å². The van der Waals surface area contributed by atoms with Gasteiger partial charge >= 0.3 is 0 Å². The molecule has 0 saturated heterocycles. The Morgan fingerprint density at radius 3 is 2.32 bits per heavy atom. The van der Waals surface area contributed by atoms with Crippen LogP contribution in [0.15, 0.2) is 54.6 Å². The molecule has 8 nitrogen and oxygen atoms in total. The van der Waals surface area contributed by atoms with Crippen molar-refractivity contribution >= 4 is 39.7 Å². The number of benzene rings is 2. The maximum absolute atomic E-state index is 14.3. The topological polar surface area (TPSA) is 127 Å². The number of methoxy groups -OCH3 is 1. The second-order valence-corrected chi connectivity index (χ2v) is 9.32. The first-order valence-corrected chi connectivity index (χ1v) is 12.0. The highest BCUT2D eigenvalue weighted by atomic mass is 32.1. The fraction of sp³-hybridized carbons (Fsp3) is 0.192. The summed E-state index contributed by atoms with van der Waals surface area (Å²) in [6, 6.07) is 10.8. The van der Waals surface area contributed by atoms with E-state index in [4.69, 9.17) is 21.3 Å². The van der Waals surface area contributed by atoms with E-state index >= 15 is 0 Å². The number of amidine groups is 1. The predicted octanol–water partition coefficient (Wildman–Crippen LogP) is 4.84. The highest BCUT2D eigenvalue weighted by molar-refractivity contribution is 7.20. The number of hydrogen-bond acceptors (Lipinski definition) is 8. The quantitative estimate of drug-likeness (QED) is 0.155. The average Bonchev–Trinajstić information content (AvgIpc) is 3.20. The zero-order valence-corrected chi connectivity index (χ0v) is 21.4. The lowest BCUT2D eigenvalue weighted by atomic mass is 10.0. The van der Waals surface area contributed by atoms with E-state index in [0.717, 1.165) is 10.4 Å². The van der Waals surface area contributed by atoms with Crippen molar-refractivity contribution in [3.05, 3.63) is 82.9 Å². The van der Waals surface area contributed by atoms with Gasteiger partial charge in [0.05, 0.1) is 12.7 Å². The molecule has 1 amide bonds. The Bertz CT molecular complexity index is 1320. The molecule has 0 aliphatic carbocycles. The summed E-state index contributed by atoms with van der Waals surface area (Å²) in [5, 5.41) is 21.5. The molecular formula is C26H28F2N6O2S. The maximum atomic E-state index is 14.3. The van der Waals surface area contributed by atoms with Crippen molar-refractivity contribution in [2.24, 2.45) is 0 Å². The van der Waals surface area contributed by atoms with E-state index in [2.05, 4.69) is 10.6 Å². The standard InChI is InChI=1S/C26H28F2N6O2S/c1-34(2)14-18-23(25(35)33-21(30)11-12-22(31)36-3)26(32-13-17-19(27)5-4-6-20(17)28)37-24(18)15-7-9-16(29)10-8-15/h4-12,31-32H,13-14,29H2,1-3H3,(H2,30,33,35)/b12-11-,31-22?. The molecule has 0 atom stereocenters. The van der Waals surface area contributed by atoms with Crippen LogP contribution < -0.4 is 16.4 Å². The monoisotopic (exact) mass is 526 g/mol. The van der Waals surface area contributed by atoms with Crippen molar-refractivity contribution in [2.45, 2.75) is 13.1 Å². The number of rotatable bonds is 9. The van der Waals surface area contributed by atoms with E-state index in [9.17, 15) is 13.6 Å². The third kappa shape index (κ3) is 6.99. The Morgan fingerprint density at radius 1 is 1.08 bits per heavy atom. The van der Waals surface area contributed by atoms with Gasteiger partial charge in [0.1, 0.15) is 22.5 Å². The second kappa shape index (κ2) is 12.2. The van der Waals surface area contributed by atoms with Crippen molar-refractivity contribution in [3.63, 3.8) is 0 Å². The molecule has 0 fully saturated rings. The lowest BCUT2D eigenvalue weighted by Crippen LogP contribution is -2.30. The number of nitrogens with zero attached hydrogens (tertiary/aromatic N) is 1. The molecule has 3 rings (SSSR count). The summed E-state index contributed by atoms with van der Waals surface area (Å²) in [6.45, 7) is 0.191. The highest BCUT2D eigenvalue weighted by Crippen LogP contribution is 2.41. The fourth-order valence-electron chi connectivity index (χ4n) is 3.49. The molecule has 0 saturated carbocycles. The molecule has 11 heteroatoms. The van der Waals surface area contributed by atoms with Crippen molar-refractivity contribution in [1.82, 2.24) is 10.2 Å². The van der Waals surface area contributed by atoms with Crippen LogP contribution >= 0.6 is 11.3 Å². The van der Waals surface area contributed by atoms with Gasteiger partial charge in [-0.1, -0.05) is 18.2 Å². The Hall–Kier alpha value is -4.09. The van der Waals surface area contributed by atoms with E-state index in [0.29, 0.717) is 22.8 Å². The molecule has 6 N–H and O–H groups in total. The molecule has 194 valence electrons. The number of anilines is 2. The van der Waals surface area contributed by atoms with Gasteiger partial charge < -0.3 is 26.0 Å². The summed E-state index contributed by atoms with van der Waals surface area (Å²) in [4.78, 5) is 16.1. The lowest BCUT2D eigenvalue weighted by Gasteiger charge is -2.14. The largest absolute Gasteiger partial charge is 0.481 e. The third-order valence-corrected chi connectivity index (χ3v) is 6.48. The van der Waals surface area contributed by atoms with Crippen LogP contribution in [0.5, 0.6) is 0 Å². The zero-order chi connectivity index (χ0) is 27.1. The van der Waals surface area contributed by atoms with Crippen molar-refractivity contribution < 1.29 is 18.3 Å². The zero-order valence-electron chi connectivity index (χ0n) is 20.6. The first kappa shape index (κ1) is 27.5. The van der Waals surface area contributed by atoms with Gasteiger partial charge in [0.25, 0.3) is 5.91 Å². The van der Waals surface area contributed by atoms with Crippen LogP contribution in [-0.4, -0.2) is 43.7 Å². The van der Waals surface area contributed by atoms with Gasteiger partial charge in [-0.05, 0) is 55.6 Å². The number of thiophene rings is 1. The Balaban J connectivity index is 2.07. The number of carbonyl (C=O) groups is 1. The summed E-state index contributed by atoms with van der Waals surface area (Å²) >= 11 is 1.27. The fourth-order valence-corrected chi connectivity index (χ4v) is 4.70. The van der Waals surface area contributed by atoms with Gasteiger partial charge in [-0.25, -0.2) is 8.78 Å². The van der Waals surface area contributed by atoms with Crippen LogP contribution in [0.2, 0.25) is 0 Å². The van der Waals surface area contributed by atoms with Crippen molar-refractivity contribution in [2.75, 3.05) is 32.3 Å². The van der Waals surface area contributed by atoms with E-state index in [1.165, 1.54) is 48.8 Å². The third-order valence-electron chi connectivity index (χ3n) is 5.24. The SMILES string of the molecule is COC(=N)/C=C\C(=N)NC(=O)c1c(NCc2c(F)cccc2F)sc(-c2ccc(N)cc2)c1CN(C)C. The molecular weight excluding hydrogens is 498 g/mol. The Morgan fingerprint density at radius 2 is 1.73 bits per heavy atom. The van der Waals surface area contributed by atoms with E-state index in [-0.39, 0.29) is 29.4 Å². The molecule has 0 aliphatic rings. The lowest BCUT2D eigenvalue weighted by molar-refractivity contribution is 0.0977. The van der Waals surface area contributed by atoms with E-state index < -0.39 is 17.5 Å². The van der Waals surface area contributed by atoms with Gasteiger partial charge in [-0.15, -0.1) is 11.3 Å². The molecule has 37 heavy (non-hydrogen) atoms. The number of halogens is 2. The predicted molar refractivity (Wildman–Crippen MR) is 144 cm³/mol. The van der Waals surface area contributed by atoms with E-state index in [1.807, 2.05) is 31.1 Å². The number of ether oxygens (including phenoxy) is 1. The molecule has 0 bridgehead atoms. The molecule has 2 aromatic carbocycles. The highest BCUT2D eigenvalue weighted by Gasteiger charge is 2.26. The summed E-state index contributed by atoms with van der Waals surface area (Å²) in [7, 11) is 5.03. The molecule has 0 unspecified atom stereocenters. The van der Waals surface area contributed by atoms with Crippen LogP contribution in [0.3, 0.4) is 0 Å². The first-order chi connectivity index (χ1) is 17.6. The number of amides is 1. The number of nitrogens with two attached hydrogens (primary N) is 1. The van der Waals surface area contributed by atoms with Crippen molar-refractivity contribution in [3.8, 4) is 10.4 Å². The van der Waals surface area contributed by atoms with Crippen LogP contribution in [0.25, 0.3) is 10.4 Å². The van der Waals surface area contributed by atoms with Crippen LogP contribution in [0.1, 0.15) is 21.5 Å². The smallest absolute Gasteiger partial charge is 0.260 e. The number of nitrogen functional groups attached to an aromatic ring is 1. The Labute approximate surface area is 217 Å². The van der Waals surface area contributed by atoms with E-state index in [1.54, 1.807) is 12.1 Å². The molecule has 1 heterocycles. The van der Waals surface area contributed by atoms with Gasteiger partial charge in [0.2, 0.25) is 5.90 Å². The van der Waals surface area contributed by atoms with Gasteiger partial charge in [-0.2, -0.15) is 0 Å². The van der Waals surface area contributed by atoms with Crippen LogP contribution in [-0.2, 0) is 17.8 Å². The molecule has 0 aliphatic heterocycles. The minimum absolute atomic E-state index is 0.154. The van der Waals surface area contributed by atoms with Gasteiger partial charge in [0.15, 0.2) is 0 Å². The summed E-state index contributed by atoms with van der Waals surface area (Å²) < 4.78 is 33.3. The minimum Gasteiger partial charge on any atom is -0.481 e. The molecule has 1 aromatic heterocycles. The summed E-state index contributed by atoms with van der Waals surface area (Å²) in [6.07, 6.45) is 2.46.